The third kappa shape index (κ3) is 2.49. The zero-order valence-electron chi connectivity index (χ0n) is 10.7. The Kier molecular flexibility index (Phi) is 3.93. The van der Waals surface area contributed by atoms with Gasteiger partial charge in [-0.2, -0.15) is 0 Å². The third-order valence-electron chi connectivity index (χ3n) is 2.80. The number of amides is 1. The van der Waals surface area contributed by atoms with Crippen molar-refractivity contribution in [2.24, 2.45) is 0 Å². The number of nitrogens with one attached hydrogen (secondary N) is 1. The summed E-state index contributed by atoms with van der Waals surface area (Å²) in [6.45, 7) is 7.64. The van der Waals surface area contributed by atoms with E-state index in [9.17, 15) is 9.59 Å². The number of anilines is 1. The molecule has 1 aromatic heterocycles. The Morgan fingerprint density at radius 1 is 1.53 bits per heavy atom. The number of nitrogens with two attached hydrogens (primary N) is 1. The predicted octanol–water partition coefficient (Wildman–Crippen LogP) is 0.744. The van der Waals surface area contributed by atoms with Crippen LogP contribution in [0.2, 0.25) is 0 Å². The monoisotopic (exact) mass is 237 g/mol. The molecule has 0 aliphatic carbocycles. The van der Waals surface area contributed by atoms with Gasteiger partial charge in [0.25, 0.3) is 5.56 Å². The summed E-state index contributed by atoms with van der Waals surface area (Å²) in [6, 6.07) is 1.26. The Hall–Kier alpha value is -1.78. The van der Waals surface area contributed by atoms with Crippen LogP contribution in [0, 0.1) is 13.8 Å². The molecule has 0 radical (unpaired) electrons. The summed E-state index contributed by atoms with van der Waals surface area (Å²) in [4.78, 5) is 23.8. The standard InChI is InChI=1S/C12H19N3O2/c1-5-14-11(16)9(4)15-8(3)6-7(2)10(13)12(15)17/h6,9H,5,13H2,1-4H3,(H,14,16)/t9-/m0/s1. The third-order valence-corrected chi connectivity index (χ3v) is 2.80. The first kappa shape index (κ1) is 13.3. The molecule has 3 N–H and O–H groups in total. The van der Waals surface area contributed by atoms with Gasteiger partial charge in [-0.25, -0.2) is 0 Å². The zero-order valence-corrected chi connectivity index (χ0v) is 10.7. The Labute approximate surface area is 101 Å². The number of rotatable bonds is 3. The van der Waals surface area contributed by atoms with Crippen molar-refractivity contribution in [1.29, 1.82) is 0 Å². The van der Waals surface area contributed by atoms with E-state index in [-0.39, 0.29) is 17.2 Å². The van der Waals surface area contributed by atoms with Crippen molar-refractivity contribution in [3.63, 3.8) is 0 Å². The predicted molar refractivity (Wildman–Crippen MR) is 68.0 cm³/mol. The maximum absolute atomic E-state index is 12.0. The van der Waals surface area contributed by atoms with Crippen molar-refractivity contribution in [3.05, 3.63) is 27.7 Å². The summed E-state index contributed by atoms with van der Waals surface area (Å²) in [6.07, 6.45) is 0. The van der Waals surface area contributed by atoms with Crippen LogP contribution in [0.25, 0.3) is 0 Å². The molecule has 0 aromatic carbocycles. The molecule has 17 heavy (non-hydrogen) atoms. The van der Waals surface area contributed by atoms with E-state index in [1.54, 1.807) is 20.8 Å². The van der Waals surface area contributed by atoms with Crippen molar-refractivity contribution in [2.75, 3.05) is 12.3 Å². The SMILES string of the molecule is CCNC(=O)[C@H](C)n1c(C)cc(C)c(N)c1=O. The van der Waals surface area contributed by atoms with E-state index in [1.807, 2.05) is 13.0 Å². The average molecular weight is 237 g/mol. The normalized spacial score (nSPS) is 12.2. The molecule has 5 nitrogen and oxygen atoms in total. The fourth-order valence-corrected chi connectivity index (χ4v) is 1.84. The van der Waals surface area contributed by atoms with Crippen LogP contribution in [0.3, 0.4) is 0 Å². The molecule has 0 aliphatic heterocycles. The molecule has 0 bridgehead atoms. The minimum atomic E-state index is -0.551. The highest BCUT2D eigenvalue weighted by Crippen LogP contribution is 2.12. The molecule has 1 heterocycles. The lowest BCUT2D eigenvalue weighted by Gasteiger charge is -2.18. The quantitative estimate of drug-likeness (QED) is 0.814. The summed E-state index contributed by atoms with van der Waals surface area (Å²) in [7, 11) is 0. The minimum Gasteiger partial charge on any atom is -0.394 e. The molecule has 0 aliphatic rings. The number of aromatic nitrogens is 1. The van der Waals surface area contributed by atoms with Crippen LogP contribution in [0.4, 0.5) is 5.69 Å². The number of nitrogens with zero attached hydrogens (tertiary/aromatic N) is 1. The zero-order chi connectivity index (χ0) is 13.2. The summed E-state index contributed by atoms with van der Waals surface area (Å²) < 4.78 is 1.42. The van der Waals surface area contributed by atoms with E-state index in [0.29, 0.717) is 6.54 Å². The highest BCUT2D eigenvalue weighted by molar-refractivity contribution is 5.80. The van der Waals surface area contributed by atoms with Crippen LogP contribution in [0.1, 0.15) is 31.1 Å². The molecule has 5 heteroatoms. The van der Waals surface area contributed by atoms with Crippen molar-refractivity contribution in [3.8, 4) is 0 Å². The Balaban J connectivity index is 3.28. The molecule has 1 amide bonds. The average Bonchev–Trinajstić information content (AvgIpc) is 2.26. The summed E-state index contributed by atoms with van der Waals surface area (Å²) in [5.74, 6) is -0.180. The van der Waals surface area contributed by atoms with Crippen molar-refractivity contribution in [2.45, 2.75) is 33.7 Å². The molecule has 0 spiro atoms. The van der Waals surface area contributed by atoms with Gasteiger partial charge in [0.1, 0.15) is 11.7 Å². The Morgan fingerprint density at radius 3 is 2.65 bits per heavy atom. The molecule has 1 rings (SSSR count). The molecule has 1 aromatic rings. The lowest BCUT2D eigenvalue weighted by atomic mass is 10.2. The highest BCUT2D eigenvalue weighted by atomic mass is 16.2. The van der Waals surface area contributed by atoms with Gasteiger partial charge in [-0.1, -0.05) is 0 Å². The minimum absolute atomic E-state index is 0.180. The second-order valence-electron chi connectivity index (χ2n) is 4.13. The maximum atomic E-state index is 12.0. The van der Waals surface area contributed by atoms with Gasteiger partial charge in [0.05, 0.1) is 0 Å². The van der Waals surface area contributed by atoms with Crippen LogP contribution < -0.4 is 16.6 Å². The van der Waals surface area contributed by atoms with Crippen LogP contribution in [-0.4, -0.2) is 17.0 Å². The highest BCUT2D eigenvalue weighted by Gasteiger charge is 2.18. The Bertz CT molecular complexity index is 491. The van der Waals surface area contributed by atoms with Crippen LogP contribution >= 0.6 is 0 Å². The Morgan fingerprint density at radius 2 is 2.12 bits per heavy atom. The largest absolute Gasteiger partial charge is 0.394 e. The van der Waals surface area contributed by atoms with Gasteiger partial charge in [0.15, 0.2) is 0 Å². The van der Waals surface area contributed by atoms with Crippen molar-refractivity contribution < 1.29 is 4.79 Å². The number of pyridine rings is 1. The van der Waals surface area contributed by atoms with Crippen molar-refractivity contribution in [1.82, 2.24) is 9.88 Å². The molecular weight excluding hydrogens is 218 g/mol. The van der Waals surface area contributed by atoms with Gasteiger partial charge in [-0.05, 0) is 39.3 Å². The van der Waals surface area contributed by atoms with Gasteiger partial charge in [-0.3, -0.25) is 14.2 Å². The first-order chi connectivity index (χ1) is 7.90. The first-order valence-corrected chi connectivity index (χ1v) is 5.66. The van der Waals surface area contributed by atoms with Crippen molar-refractivity contribution >= 4 is 11.6 Å². The number of hydrogen-bond donors (Lipinski definition) is 2. The lowest BCUT2D eigenvalue weighted by Crippen LogP contribution is -2.37. The molecular formula is C12H19N3O2. The first-order valence-electron chi connectivity index (χ1n) is 5.66. The molecule has 0 saturated carbocycles. The van der Waals surface area contributed by atoms with E-state index in [0.717, 1.165) is 11.3 Å². The number of aryl methyl sites for hydroxylation is 2. The number of carbonyl (C=O) groups is 1. The molecule has 0 saturated heterocycles. The summed E-state index contributed by atoms with van der Waals surface area (Å²) in [5.41, 5.74) is 7.07. The van der Waals surface area contributed by atoms with E-state index < -0.39 is 6.04 Å². The van der Waals surface area contributed by atoms with E-state index in [2.05, 4.69) is 5.32 Å². The van der Waals surface area contributed by atoms with Gasteiger partial charge in [0, 0.05) is 12.2 Å². The van der Waals surface area contributed by atoms with Gasteiger partial charge < -0.3 is 11.1 Å². The van der Waals surface area contributed by atoms with E-state index in [1.165, 1.54) is 4.57 Å². The van der Waals surface area contributed by atoms with Gasteiger partial charge in [0.2, 0.25) is 5.91 Å². The number of hydrogen-bond acceptors (Lipinski definition) is 3. The van der Waals surface area contributed by atoms with Crippen LogP contribution in [0.5, 0.6) is 0 Å². The van der Waals surface area contributed by atoms with E-state index >= 15 is 0 Å². The molecule has 0 fully saturated rings. The summed E-state index contributed by atoms with van der Waals surface area (Å²) >= 11 is 0. The second kappa shape index (κ2) is 5.03. The van der Waals surface area contributed by atoms with Crippen LogP contribution in [-0.2, 0) is 4.79 Å². The number of nitrogen functional groups attached to an aromatic ring is 1. The smallest absolute Gasteiger partial charge is 0.274 e. The fourth-order valence-electron chi connectivity index (χ4n) is 1.84. The number of carbonyl (C=O) groups excluding carboxylic acids is 1. The lowest BCUT2D eigenvalue weighted by molar-refractivity contribution is -0.123. The molecule has 0 unspecified atom stereocenters. The summed E-state index contributed by atoms with van der Waals surface area (Å²) in [5, 5.41) is 2.69. The molecule has 1 atom stereocenters. The number of likely N-dealkylation sites (N-methyl/N-ethyl adjacent to an activating group) is 1. The maximum Gasteiger partial charge on any atom is 0.274 e. The van der Waals surface area contributed by atoms with Crippen LogP contribution in [0.15, 0.2) is 10.9 Å². The molecule has 94 valence electrons. The topological polar surface area (TPSA) is 77.1 Å². The fraction of sp³-hybridized carbons (Fsp3) is 0.500. The van der Waals surface area contributed by atoms with Gasteiger partial charge in [-0.15, -0.1) is 0 Å². The van der Waals surface area contributed by atoms with Gasteiger partial charge >= 0.3 is 0 Å². The second-order valence-corrected chi connectivity index (χ2v) is 4.13. The van der Waals surface area contributed by atoms with E-state index in [4.69, 9.17) is 5.73 Å².